The zero-order valence-corrected chi connectivity index (χ0v) is 15.7. The molecule has 1 aromatic heterocycles. The highest BCUT2D eigenvalue weighted by Gasteiger charge is 2.22. The molecule has 0 spiro atoms. The van der Waals surface area contributed by atoms with Gasteiger partial charge in [0.1, 0.15) is 0 Å². The summed E-state index contributed by atoms with van der Waals surface area (Å²) in [5, 5.41) is 0. The Bertz CT molecular complexity index is 869. The molecule has 7 heteroatoms. The Kier molecular flexibility index (Phi) is 5.89. The second kappa shape index (κ2) is 7.74. The fraction of sp³-hybridized carbons (Fsp3) is 0.389. The molecular weight excluding hydrogens is 340 g/mol. The first-order valence-electron chi connectivity index (χ1n) is 7.97. The van der Waals surface area contributed by atoms with E-state index in [2.05, 4.69) is 9.97 Å². The van der Waals surface area contributed by atoms with E-state index >= 15 is 0 Å². The number of sulfone groups is 1. The van der Waals surface area contributed by atoms with Crippen LogP contribution in [0.3, 0.4) is 0 Å². The fourth-order valence-corrected chi connectivity index (χ4v) is 4.38. The molecule has 25 heavy (non-hydrogen) atoms. The average molecular weight is 362 g/mol. The molecule has 0 saturated heterocycles. The maximum absolute atomic E-state index is 12.7. The zero-order valence-electron chi connectivity index (χ0n) is 14.9. The van der Waals surface area contributed by atoms with Gasteiger partial charge >= 0.3 is 5.97 Å². The molecule has 0 N–H and O–H groups in total. The lowest BCUT2D eigenvalue weighted by atomic mass is 10.0. The van der Waals surface area contributed by atoms with Gasteiger partial charge in [-0.15, -0.1) is 0 Å². The van der Waals surface area contributed by atoms with Gasteiger partial charge in [0.05, 0.1) is 23.8 Å². The van der Waals surface area contributed by atoms with Crippen molar-refractivity contribution in [2.24, 2.45) is 0 Å². The van der Waals surface area contributed by atoms with Crippen LogP contribution in [0.2, 0.25) is 0 Å². The first kappa shape index (κ1) is 19.1. The fourth-order valence-electron chi connectivity index (χ4n) is 2.76. The minimum atomic E-state index is -3.53. The topological polar surface area (TPSA) is 86.2 Å². The van der Waals surface area contributed by atoms with Crippen molar-refractivity contribution < 1.29 is 17.9 Å². The monoisotopic (exact) mass is 362 g/mol. The summed E-state index contributed by atoms with van der Waals surface area (Å²) in [5.74, 6) is -1.13. The highest BCUT2D eigenvalue weighted by atomic mass is 32.2. The van der Waals surface area contributed by atoms with E-state index in [0.29, 0.717) is 0 Å². The van der Waals surface area contributed by atoms with Crippen LogP contribution < -0.4 is 0 Å². The van der Waals surface area contributed by atoms with Crippen molar-refractivity contribution in [2.45, 2.75) is 39.2 Å². The van der Waals surface area contributed by atoms with Crippen LogP contribution in [0.25, 0.3) is 0 Å². The smallest absolute Gasteiger partial charge is 0.358 e. The van der Waals surface area contributed by atoms with E-state index in [1.807, 2.05) is 32.9 Å². The number of aromatic nitrogens is 2. The van der Waals surface area contributed by atoms with Crippen LogP contribution >= 0.6 is 0 Å². The lowest BCUT2D eigenvalue weighted by molar-refractivity contribution is 0.0517. The lowest BCUT2D eigenvalue weighted by Gasteiger charge is -2.12. The molecule has 0 atom stereocenters. The summed E-state index contributed by atoms with van der Waals surface area (Å²) in [6.07, 6.45) is 2.71. The molecule has 134 valence electrons. The number of esters is 1. The number of rotatable bonds is 6. The van der Waals surface area contributed by atoms with Crippen LogP contribution in [0.5, 0.6) is 0 Å². The van der Waals surface area contributed by atoms with Crippen molar-refractivity contribution in [2.75, 3.05) is 6.61 Å². The molecule has 2 rings (SSSR count). The molecule has 0 radical (unpaired) electrons. The number of ether oxygens (including phenoxy) is 1. The minimum Gasteiger partial charge on any atom is -0.461 e. The third-order valence-electron chi connectivity index (χ3n) is 3.80. The van der Waals surface area contributed by atoms with Gasteiger partial charge in [-0.25, -0.2) is 18.2 Å². The van der Waals surface area contributed by atoms with E-state index in [4.69, 9.17) is 4.74 Å². The predicted molar refractivity (Wildman–Crippen MR) is 95.0 cm³/mol. The Balaban J connectivity index is 2.30. The Morgan fingerprint density at radius 1 is 1.04 bits per heavy atom. The summed E-state index contributed by atoms with van der Waals surface area (Å²) in [5.41, 5.74) is 3.81. The van der Waals surface area contributed by atoms with Crippen LogP contribution in [0.4, 0.5) is 0 Å². The number of carbonyl (C=O) groups is 1. The van der Waals surface area contributed by atoms with E-state index in [0.717, 1.165) is 22.3 Å². The number of nitrogens with zero attached hydrogens (tertiary/aromatic N) is 2. The molecule has 1 heterocycles. The summed E-state index contributed by atoms with van der Waals surface area (Å²) in [6, 6.07) is 3.93. The third-order valence-corrected chi connectivity index (χ3v) is 5.25. The number of hydrogen-bond donors (Lipinski definition) is 0. The van der Waals surface area contributed by atoms with Gasteiger partial charge in [0.2, 0.25) is 0 Å². The summed E-state index contributed by atoms with van der Waals surface area (Å²) in [6.45, 7) is 7.63. The molecule has 6 nitrogen and oxygen atoms in total. The molecule has 0 aliphatic carbocycles. The van der Waals surface area contributed by atoms with Crippen molar-refractivity contribution in [3.8, 4) is 0 Å². The van der Waals surface area contributed by atoms with Gasteiger partial charge in [-0.2, -0.15) is 0 Å². The van der Waals surface area contributed by atoms with Crippen LogP contribution in [-0.2, 0) is 26.1 Å². The number of hydrogen-bond acceptors (Lipinski definition) is 6. The minimum absolute atomic E-state index is 0.0507. The molecule has 2 aromatic rings. The van der Waals surface area contributed by atoms with Gasteiger partial charge < -0.3 is 4.74 Å². The second-order valence-electron chi connectivity index (χ2n) is 5.98. The molecule has 0 bridgehead atoms. The maximum Gasteiger partial charge on any atom is 0.358 e. The van der Waals surface area contributed by atoms with Crippen LogP contribution in [0.15, 0.2) is 24.5 Å². The third kappa shape index (κ3) is 4.85. The van der Waals surface area contributed by atoms with Crippen molar-refractivity contribution in [1.82, 2.24) is 9.97 Å². The number of aryl methyl sites for hydroxylation is 3. The standard InChI is InChI=1S/C18H22N2O4S/c1-5-24-18(21)17-16(19-6-7-20-17)11-25(22,23)10-15-13(3)8-12(2)9-14(15)4/h6-9H,5,10-11H2,1-4H3. The maximum atomic E-state index is 12.7. The van der Waals surface area contributed by atoms with Crippen molar-refractivity contribution in [3.63, 3.8) is 0 Å². The quantitative estimate of drug-likeness (QED) is 0.735. The van der Waals surface area contributed by atoms with Crippen LogP contribution in [-0.4, -0.2) is 31.0 Å². The molecule has 0 saturated carbocycles. The van der Waals surface area contributed by atoms with Gasteiger partial charge in [0.15, 0.2) is 15.5 Å². The summed E-state index contributed by atoms with van der Waals surface area (Å²) in [7, 11) is -3.53. The van der Waals surface area contributed by atoms with Gasteiger partial charge in [-0.3, -0.25) is 4.98 Å². The molecule has 0 amide bonds. The Morgan fingerprint density at radius 3 is 2.24 bits per heavy atom. The summed E-state index contributed by atoms with van der Waals surface area (Å²) < 4.78 is 30.3. The van der Waals surface area contributed by atoms with Crippen LogP contribution in [0, 0.1) is 20.8 Å². The van der Waals surface area contributed by atoms with Gasteiger partial charge in [0.25, 0.3) is 0 Å². The molecule has 0 fully saturated rings. The Morgan fingerprint density at radius 2 is 1.64 bits per heavy atom. The highest BCUT2D eigenvalue weighted by molar-refractivity contribution is 7.89. The summed E-state index contributed by atoms with van der Waals surface area (Å²) >= 11 is 0. The Hall–Kier alpha value is -2.28. The van der Waals surface area contributed by atoms with Crippen molar-refractivity contribution >= 4 is 15.8 Å². The molecule has 0 aliphatic heterocycles. The van der Waals surface area contributed by atoms with Crippen molar-refractivity contribution in [1.29, 1.82) is 0 Å². The van der Waals surface area contributed by atoms with E-state index in [1.54, 1.807) is 6.92 Å². The van der Waals surface area contributed by atoms with Gasteiger partial charge in [0, 0.05) is 12.4 Å². The average Bonchev–Trinajstić information content (AvgIpc) is 2.51. The SMILES string of the molecule is CCOC(=O)c1nccnc1CS(=O)(=O)Cc1c(C)cc(C)cc1C. The van der Waals surface area contributed by atoms with Gasteiger partial charge in [-0.05, 0) is 44.4 Å². The van der Waals surface area contributed by atoms with Crippen LogP contribution in [0.1, 0.15) is 45.4 Å². The number of benzene rings is 1. The van der Waals surface area contributed by atoms with Gasteiger partial charge in [-0.1, -0.05) is 17.7 Å². The predicted octanol–water partition coefficient (Wildman–Crippen LogP) is 2.69. The van der Waals surface area contributed by atoms with E-state index in [-0.39, 0.29) is 29.5 Å². The molecule has 0 aliphatic rings. The second-order valence-corrected chi connectivity index (χ2v) is 8.05. The Labute approximate surface area is 148 Å². The molecule has 0 unspecified atom stereocenters. The normalized spacial score (nSPS) is 11.4. The number of carbonyl (C=O) groups excluding carboxylic acids is 1. The first-order valence-corrected chi connectivity index (χ1v) is 9.79. The van der Waals surface area contributed by atoms with E-state index < -0.39 is 15.8 Å². The molecular formula is C18H22N2O4S. The first-order chi connectivity index (χ1) is 11.7. The van der Waals surface area contributed by atoms with E-state index in [9.17, 15) is 13.2 Å². The lowest BCUT2D eigenvalue weighted by Crippen LogP contribution is -2.17. The van der Waals surface area contributed by atoms with E-state index in [1.165, 1.54) is 12.4 Å². The largest absolute Gasteiger partial charge is 0.461 e. The van der Waals surface area contributed by atoms with Crippen molar-refractivity contribution in [3.05, 3.63) is 58.2 Å². The highest BCUT2D eigenvalue weighted by Crippen LogP contribution is 2.21. The molecule has 1 aromatic carbocycles. The zero-order chi connectivity index (χ0) is 18.6. The summed E-state index contributed by atoms with van der Waals surface area (Å²) in [4.78, 5) is 19.9.